The van der Waals surface area contributed by atoms with E-state index in [4.69, 9.17) is 4.43 Å². The third kappa shape index (κ3) is 2.18. The Morgan fingerprint density at radius 3 is 1.88 bits per heavy atom. The highest BCUT2D eigenvalue weighted by atomic mass is 28.2. The summed E-state index contributed by atoms with van der Waals surface area (Å²) in [7, 11) is -0.722. The average Bonchev–Trinajstić information content (AvgIpc) is 2.64. The zero-order chi connectivity index (χ0) is 17.0. The maximum atomic E-state index is 6.03. The first-order valence-electron chi connectivity index (χ1n) is 8.93. The summed E-state index contributed by atoms with van der Waals surface area (Å²) in [5.41, 5.74) is 0. The van der Waals surface area contributed by atoms with Crippen molar-refractivity contribution in [2.24, 2.45) is 0 Å². The molecule has 0 bridgehead atoms. The lowest BCUT2D eigenvalue weighted by atomic mass is 9.90. The Morgan fingerprint density at radius 2 is 1.20 bits per heavy atom. The van der Waals surface area contributed by atoms with E-state index in [9.17, 15) is 0 Å². The molecule has 0 aliphatic carbocycles. The van der Waals surface area contributed by atoms with Gasteiger partial charge in [0.1, 0.15) is 0 Å². The van der Waals surface area contributed by atoms with E-state index < -0.39 is 9.76 Å². The van der Waals surface area contributed by atoms with Gasteiger partial charge in [0, 0.05) is 6.10 Å². The van der Waals surface area contributed by atoms with Gasteiger partial charge in [-0.1, -0.05) is 66.7 Å². The first-order valence-corrected chi connectivity index (χ1v) is 10.2. The van der Waals surface area contributed by atoms with E-state index >= 15 is 0 Å². The zero-order valence-corrected chi connectivity index (χ0v) is 16.0. The molecule has 0 heterocycles. The van der Waals surface area contributed by atoms with Gasteiger partial charge in [-0.3, -0.25) is 0 Å². The van der Waals surface area contributed by atoms with Crippen LogP contribution < -0.4 is 5.19 Å². The molecule has 5 aromatic carbocycles. The summed E-state index contributed by atoms with van der Waals surface area (Å²) in [6.45, 7) is 4.24. The summed E-state index contributed by atoms with van der Waals surface area (Å²) in [6, 6.07) is 24.6. The SMILES string of the molecule is CC(C)O[SiH2]c1ccc2c3cccc4cccc(c5cccc1c52)c43. The minimum Gasteiger partial charge on any atom is -0.416 e. The molecule has 0 unspecified atom stereocenters. The standard InChI is InChI=1S/C23H20OSi/c1-14(2)24-25-21-13-12-19-17-9-4-7-15-6-3-8-16(22(15)17)18-10-5-11-20(21)23(18)19/h3-14H,25H2,1-2H3. The Labute approximate surface area is 149 Å². The van der Waals surface area contributed by atoms with Crippen LogP contribution in [0.15, 0.2) is 66.7 Å². The van der Waals surface area contributed by atoms with Crippen LogP contribution in [-0.4, -0.2) is 15.9 Å². The van der Waals surface area contributed by atoms with E-state index in [0.29, 0.717) is 6.10 Å². The number of hydrogen-bond donors (Lipinski definition) is 0. The molecular weight excluding hydrogens is 320 g/mol. The molecule has 0 radical (unpaired) electrons. The van der Waals surface area contributed by atoms with Gasteiger partial charge in [-0.15, -0.1) is 0 Å². The van der Waals surface area contributed by atoms with Crippen LogP contribution >= 0.6 is 0 Å². The Morgan fingerprint density at radius 1 is 0.640 bits per heavy atom. The second kappa shape index (κ2) is 5.55. The number of fused-ring (bicyclic) bond motifs is 2. The lowest BCUT2D eigenvalue weighted by Gasteiger charge is -2.16. The van der Waals surface area contributed by atoms with Crippen molar-refractivity contribution >= 4 is 58.0 Å². The maximum absolute atomic E-state index is 6.03. The molecule has 5 aromatic rings. The van der Waals surface area contributed by atoms with Crippen LogP contribution in [-0.2, 0) is 4.43 Å². The van der Waals surface area contributed by atoms with Gasteiger partial charge in [-0.2, -0.15) is 0 Å². The maximum Gasteiger partial charge on any atom is 0.193 e. The summed E-state index contributed by atoms with van der Waals surface area (Å²) < 4.78 is 6.03. The predicted octanol–water partition coefficient (Wildman–Crippen LogP) is 4.87. The first-order chi connectivity index (χ1) is 12.2. The third-order valence-corrected chi connectivity index (χ3v) is 6.95. The molecule has 0 aliphatic rings. The summed E-state index contributed by atoms with van der Waals surface area (Å²) in [5, 5.41) is 12.3. The van der Waals surface area contributed by atoms with E-state index in [2.05, 4.69) is 80.6 Å². The van der Waals surface area contributed by atoms with Crippen molar-refractivity contribution in [2.45, 2.75) is 20.0 Å². The van der Waals surface area contributed by atoms with E-state index in [1.807, 2.05) is 0 Å². The van der Waals surface area contributed by atoms with Crippen LogP contribution in [0.4, 0.5) is 0 Å². The van der Waals surface area contributed by atoms with Gasteiger partial charge in [-0.25, -0.2) is 0 Å². The van der Waals surface area contributed by atoms with Crippen LogP contribution in [0.1, 0.15) is 13.8 Å². The van der Waals surface area contributed by atoms with E-state index in [1.54, 1.807) is 0 Å². The summed E-state index contributed by atoms with van der Waals surface area (Å²) in [5.74, 6) is 0. The molecule has 0 aliphatic heterocycles. The number of rotatable bonds is 3. The fraction of sp³-hybridized carbons (Fsp3) is 0.130. The van der Waals surface area contributed by atoms with Crippen molar-refractivity contribution in [2.75, 3.05) is 0 Å². The lowest BCUT2D eigenvalue weighted by molar-refractivity contribution is 0.260. The largest absolute Gasteiger partial charge is 0.416 e. The molecule has 2 heteroatoms. The van der Waals surface area contributed by atoms with Crippen molar-refractivity contribution in [3.63, 3.8) is 0 Å². The van der Waals surface area contributed by atoms with Gasteiger partial charge in [-0.05, 0) is 62.1 Å². The van der Waals surface area contributed by atoms with Gasteiger partial charge in [0.2, 0.25) is 0 Å². The van der Waals surface area contributed by atoms with Gasteiger partial charge >= 0.3 is 0 Å². The van der Waals surface area contributed by atoms with Gasteiger partial charge in [0.05, 0.1) is 0 Å². The van der Waals surface area contributed by atoms with Gasteiger partial charge in [0.15, 0.2) is 9.76 Å². The third-order valence-electron chi connectivity index (χ3n) is 5.19. The Bertz CT molecular complexity index is 1170. The molecule has 0 atom stereocenters. The first kappa shape index (κ1) is 14.9. The molecule has 5 rings (SSSR count). The molecule has 0 saturated heterocycles. The van der Waals surface area contributed by atoms with Crippen LogP contribution in [0.3, 0.4) is 0 Å². The number of hydrogen-bond acceptors (Lipinski definition) is 1. The Hall–Kier alpha value is -2.42. The Balaban J connectivity index is 1.96. The van der Waals surface area contributed by atoms with Crippen molar-refractivity contribution in [3.05, 3.63) is 66.7 Å². The summed E-state index contributed by atoms with van der Waals surface area (Å²) in [6.07, 6.45) is 0.298. The van der Waals surface area contributed by atoms with Crippen LogP contribution in [0, 0.1) is 0 Å². The Kier molecular flexibility index (Phi) is 3.30. The second-order valence-electron chi connectivity index (χ2n) is 7.07. The van der Waals surface area contributed by atoms with E-state index in [-0.39, 0.29) is 0 Å². The molecule has 0 spiro atoms. The van der Waals surface area contributed by atoms with Crippen LogP contribution in [0.5, 0.6) is 0 Å². The van der Waals surface area contributed by atoms with Crippen molar-refractivity contribution in [1.29, 1.82) is 0 Å². The molecule has 0 fully saturated rings. The molecule has 25 heavy (non-hydrogen) atoms. The molecule has 122 valence electrons. The normalized spacial score (nSPS) is 12.8. The van der Waals surface area contributed by atoms with Gasteiger partial charge < -0.3 is 4.43 Å². The monoisotopic (exact) mass is 340 g/mol. The molecule has 0 aromatic heterocycles. The fourth-order valence-corrected chi connectivity index (χ4v) is 5.27. The minimum atomic E-state index is -0.722. The van der Waals surface area contributed by atoms with Crippen molar-refractivity contribution < 1.29 is 4.43 Å². The van der Waals surface area contributed by atoms with Crippen molar-refractivity contribution in [1.82, 2.24) is 0 Å². The zero-order valence-electron chi connectivity index (χ0n) is 14.5. The molecule has 0 amide bonds. The second-order valence-corrected chi connectivity index (χ2v) is 8.45. The quantitative estimate of drug-likeness (QED) is 0.259. The smallest absolute Gasteiger partial charge is 0.193 e. The molecule has 0 saturated carbocycles. The molecular formula is C23H20OSi. The fourth-order valence-electron chi connectivity index (χ4n) is 4.09. The van der Waals surface area contributed by atoms with Crippen molar-refractivity contribution in [3.8, 4) is 0 Å². The predicted molar refractivity (Wildman–Crippen MR) is 112 cm³/mol. The number of benzene rings is 5. The lowest BCUT2D eigenvalue weighted by Crippen LogP contribution is -2.21. The minimum absolute atomic E-state index is 0.298. The average molecular weight is 340 g/mol. The van der Waals surface area contributed by atoms with E-state index in [1.165, 1.54) is 48.3 Å². The highest BCUT2D eigenvalue weighted by molar-refractivity contribution is 6.53. The van der Waals surface area contributed by atoms with Crippen LogP contribution in [0.2, 0.25) is 0 Å². The molecule has 1 nitrogen and oxygen atoms in total. The summed E-state index contributed by atoms with van der Waals surface area (Å²) in [4.78, 5) is 0. The van der Waals surface area contributed by atoms with E-state index in [0.717, 1.165) is 0 Å². The summed E-state index contributed by atoms with van der Waals surface area (Å²) >= 11 is 0. The molecule has 0 N–H and O–H groups in total. The topological polar surface area (TPSA) is 9.23 Å². The van der Waals surface area contributed by atoms with Crippen LogP contribution in [0.25, 0.3) is 43.1 Å². The van der Waals surface area contributed by atoms with Gasteiger partial charge in [0.25, 0.3) is 0 Å². The highest BCUT2D eigenvalue weighted by Crippen LogP contribution is 2.39. The highest BCUT2D eigenvalue weighted by Gasteiger charge is 2.14.